The van der Waals surface area contributed by atoms with Gasteiger partial charge in [0.15, 0.2) is 0 Å². The summed E-state index contributed by atoms with van der Waals surface area (Å²) in [4.78, 5) is 4.23. The number of hydrogen-bond acceptors (Lipinski definition) is 4. The van der Waals surface area contributed by atoms with E-state index in [0.29, 0.717) is 16.1 Å². The van der Waals surface area contributed by atoms with E-state index >= 15 is 0 Å². The maximum absolute atomic E-state index is 12.2. The predicted octanol–water partition coefficient (Wildman–Crippen LogP) is 2.47. The standard InChI is InChI=1S/C13H12ClN3O2S/c1-9(6-7-15)17-20(18,19)11-3-4-12-10(8-11)2-5-13(14)16-12/h2-5,8-9,17H,6H2,1H3. The van der Waals surface area contributed by atoms with Crippen LogP contribution >= 0.6 is 11.6 Å². The number of nitrogens with one attached hydrogen (secondary N) is 1. The highest BCUT2D eigenvalue weighted by Crippen LogP contribution is 2.20. The van der Waals surface area contributed by atoms with E-state index in [2.05, 4.69) is 9.71 Å². The molecular formula is C13H12ClN3O2S. The number of nitriles is 1. The van der Waals surface area contributed by atoms with Crippen LogP contribution in [0.2, 0.25) is 5.15 Å². The molecule has 0 aliphatic rings. The molecule has 5 nitrogen and oxygen atoms in total. The summed E-state index contributed by atoms with van der Waals surface area (Å²) in [6.45, 7) is 1.64. The number of nitrogens with zero attached hydrogens (tertiary/aromatic N) is 2. The monoisotopic (exact) mass is 309 g/mol. The van der Waals surface area contributed by atoms with Crippen LogP contribution in [0.25, 0.3) is 10.9 Å². The van der Waals surface area contributed by atoms with Crippen LogP contribution in [0.1, 0.15) is 13.3 Å². The van der Waals surface area contributed by atoms with Gasteiger partial charge in [-0.25, -0.2) is 18.1 Å². The quantitative estimate of drug-likeness (QED) is 0.879. The molecular weight excluding hydrogens is 298 g/mol. The predicted molar refractivity (Wildman–Crippen MR) is 76.8 cm³/mol. The van der Waals surface area contributed by atoms with Crippen LogP contribution < -0.4 is 4.72 Å². The first-order chi connectivity index (χ1) is 9.42. The number of aromatic nitrogens is 1. The van der Waals surface area contributed by atoms with Gasteiger partial charge in [-0.3, -0.25) is 0 Å². The molecule has 0 aliphatic carbocycles. The molecule has 0 saturated carbocycles. The lowest BCUT2D eigenvalue weighted by Gasteiger charge is -2.11. The Hall–Kier alpha value is -1.68. The lowest BCUT2D eigenvalue weighted by molar-refractivity contribution is 0.563. The minimum atomic E-state index is -3.65. The van der Waals surface area contributed by atoms with Crippen molar-refractivity contribution in [2.75, 3.05) is 0 Å². The molecule has 0 spiro atoms. The SMILES string of the molecule is CC(CC#N)NS(=O)(=O)c1ccc2nc(Cl)ccc2c1. The number of fused-ring (bicyclic) bond motifs is 1. The van der Waals surface area contributed by atoms with Crippen LogP contribution in [0.3, 0.4) is 0 Å². The van der Waals surface area contributed by atoms with Gasteiger partial charge in [0.2, 0.25) is 10.0 Å². The second-order valence-electron chi connectivity index (χ2n) is 4.37. The highest BCUT2D eigenvalue weighted by Gasteiger charge is 2.17. The van der Waals surface area contributed by atoms with Gasteiger partial charge < -0.3 is 0 Å². The van der Waals surface area contributed by atoms with Crippen molar-refractivity contribution in [3.63, 3.8) is 0 Å². The van der Waals surface area contributed by atoms with Crippen molar-refractivity contribution in [2.24, 2.45) is 0 Å². The van der Waals surface area contributed by atoms with Gasteiger partial charge in [0.1, 0.15) is 5.15 Å². The summed E-state index contributed by atoms with van der Waals surface area (Å²) in [7, 11) is -3.65. The molecule has 1 unspecified atom stereocenters. The van der Waals surface area contributed by atoms with E-state index in [1.54, 1.807) is 25.1 Å². The topological polar surface area (TPSA) is 82.9 Å². The lowest BCUT2D eigenvalue weighted by Crippen LogP contribution is -2.32. The van der Waals surface area contributed by atoms with Crippen LogP contribution in [-0.4, -0.2) is 19.4 Å². The summed E-state index contributed by atoms with van der Waals surface area (Å²) in [6.07, 6.45) is 0.115. The Morgan fingerprint density at radius 2 is 2.15 bits per heavy atom. The van der Waals surface area contributed by atoms with Crippen molar-refractivity contribution in [3.05, 3.63) is 35.5 Å². The summed E-state index contributed by atoms with van der Waals surface area (Å²) >= 11 is 5.78. The van der Waals surface area contributed by atoms with Crippen LogP contribution in [-0.2, 0) is 10.0 Å². The normalized spacial score (nSPS) is 13.1. The number of rotatable bonds is 4. The Kier molecular flexibility index (Phi) is 4.23. The zero-order chi connectivity index (χ0) is 14.8. The van der Waals surface area contributed by atoms with E-state index in [1.165, 1.54) is 12.1 Å². The van der Waals surface area contributed by atoms with Crippen molar-refractivity contribution >= 4 is 32.5 Å². The van der Waals surface area contributed by atoms with Gasteiger partial charge >= 0.3 is 0 Å². The maximum Gasteiger partial charge on any atom is 0.240 e. The first-order valence-electron chi connectivity index (χ1n) is 5.88. The molecule has 1 N–H and O–H groups in total. The van der Waals surface area contributed by atoms with Gasteiger partial charge in [-0.1, -0.05) is 11.6 Å². The number of sulfonamides is 1. The van der Waals surface area contributed by atoms with Crippen molar-refractivity contribution in [1.29, 1.82) is 5.26 Å². The van der Waals surface area contributed by atoms with Gasteiger partial charge in [-0.05, 0) is 37.3 Å². The van der Waals surface area contributed by atoms with Crippen LogP contribution in [0.4, 0.5) is 0 Å². The Morgan fingerprint density at radius 1 is 1.40 bits per heavy atom. The molecule has 1 aromatic carbocycles. The Morgan fingerprint density at radius 3 is 2.85 bits per heavy atom. The molecule has 1 heterocycles. The number of halogens is 1. The first kappa shape index (κ1) is 14.7. The zero-order valence-corrected chi connectivity index (χ0v) is 12.2. The van der Waals surface area contributed by atoms with E-state index in [-0.39, 0.29) is 11.3 Å². The summed E-state index contributed by atoms with van der Waals surface area (Å²) in [5, 5.41) is 9.61. The van der Waals surface area contributed by atoms with Gasteiger partial charge in [0.25, 0.3) is 0 Å². The van der Waals surface area contributed by atoms with Crippen LogP contribution in [0, 0.1) is 11.3 Å². The number of benzene rings is 1. The molecule has 0 bridgehead atoms. The van der Waals surface area contributed by atoms with Crippen molar-refractivity contribution < 1.29 is 8.42 Å². The molecule has 0 saturated heterocycles. The second kappa shape index (κ2) is 5.75. The molecule has 0 fully saturated rings. The van der Waals surface area contributed by atoms with Gasteiger partial charge in [0.05, 0.1) is 22.9 Å². The lowest BCUT2D eigenvalue weighted by atomic mass is 10.2. The fourth-order valence-corrected chi connectivity index (χ4v) is 3.19. The van der Waals surface area contributed by atoms with Crippen molar-refractivity contribution in [1.82, 2.24) is 9.71 Å². The third-order valence-electron chi connectivity index (χ3n) is 2.69. The molecule has 0 aliphatic heterocycles. The summed E-state index contributed by atoms with van der Waals surface area (Å²) in [5.41, 5.74) is 0.626. The average Bonchev–Trinajstić information content (AvgIpc) is 2.37. The molecule has 0 amide bonds. The third kappa shape index (κ3) is 3.25. The fourth-order valence-electron chi connectivity index (χ4n) is 1.76. The molecule has 20 heavy (non-hydrogen) atoms. The minimum absolute atomic E-state index is 0.115. The number of pyridine rings is 1. The molecule has 2 rings (SSSR count). The van der Waals surface area contributed by atoms with Crippen LogP contribution in [0.5, 0.6) is 0 Å². The van der Waals surface area contributed by atoms with E-state index in [9.17, 15) is 8.42 Å². The molecule has 1 atom stereocenters. The molecule has 2 aromatic rings. The summed E-state index contributed by atoms with van der Waals surface area (Å²) < 4.78 is 26.8. The van der Waals surface area contributed by atoms with E-state index in [1.807, 2.05) is 6.07 Å². The minimum Gasteiger partial charge on any atom is -0.236 e. The first-order valence-corrected chi connectivity index (χ1v) is 7.74. The third-order valence-corrected chi connectivity index (χ3v) is 4.49. The fraction of sp³-hybridized carbons (Fsp3) is 0.231. The highest BCUT2D eigenvalue weighted by atomic mass is 35.5. The molecule has 7 heteroatoms. The van der Waals surface area contributed by atoms with Crippen molar-refractivity contribution in [3.8, 4) is 6.07 Å². The van der Waals surface area contributed by atoms with Crippen molar-refractivity contribution in [2.45, 2.75) is 24.3 Å². The maximum atomic E-state index is 12.2. The van der Waals surface area contributed by atoms with Gasteiger partial charge in [-0.2, -0.15) is 5.26 Å². The Balaban J connectivity index is 2.37. The van der Waals surface area contributed by atoms with E-state index < -0.39 is 16.1 Å². The Labute approximate surface area is 122 Å². The van der Waals surface area contributed by atoms with E-state index in [4.69, 9.17) is 16.9 Å². The van der Waals surface area contributed by atoms with Gasteiger partial charge in [0, 0.05) is 11.4 Å². The number of hydrogen-bond donors (Lipinski definition) is 1. The van der Waals surface area contributed by atoms with Crippen LogP contribution in [0.15, 0.2) is 35.2 Å². The largest absolute Gasteiger partial charge is 0.240 e. The average molecular weight is 310 g/mol. The molecule has 0 radical (unpaired) electrons. The zero-order valence-electron chi connectivity index (χ0n) is 10.7. The smallest absolute Gasteiger partial charge is 0.236 e. The summed E-state index contributed by atoms with van der Waals surface area (Å²) in [5.74, 6) is 0. The van der Waals surface area contributed by atoms with E-state index in [0.717, 1.165) is 0 Å². The second-order valence-corrected chi connectivity index (χ2v) is 6.47. The molecule has 104 valence electrons. The Bertz CT molecular complexity index is 784. The van der Waals surface area contributed by atoms with Gasteiger partial charge in [-0.15, -0.1) is 0 Å². The molecule has 1 aromatic heterocycles. The highest BCUT2D eigenvalue weighted by molar-refractivity contribution is 7.89. The summed E-state index contributed by atoms with van der Waals surface area (Å²) in [6, 6.07) is 9.39.